The van der Waals surface area contributed by atoms with Gasteiger partial charge in [-0.1, -0.05) is 6.92 Å². The van der Waals surface area contributed by atoms with Crippen molar-refractivity contribution >= 4 is 6.09 Å². The van der Waals surface area contributed by atoms with Gasteiger partial charge in [-0.25, -0.2) is 4.79 Å². The lowest BCUT2D eigenvalue weighted by atomic mass is 10.0. The molecule has 1 aliphatic rings. The highest BCUT2D eigenvalue weighted by Gasteiger charge is 2.20. The highest BCUT2D eigenvalue weighted by Crippen LogP contribution is 2.15. The van der Waals surface area contributed by atoms with Crippen molar-refractivity contribution in [3.05, 3.63) is 0 Å². The molecular formula is C14H28N2O3. The summed E-state index contributed by atoms with van der Waals surface area (Å²) < 4.78 is 10.8. The van der Waals surface area contributed by atoms with Crippen molar-refractivity contribution in [1.82, 2.24) is 10.6 Å². The average molecular weight is 272 g/mol. The normalized spacial score (nSPS) is 24.0. The van der Waals surface area contributed by atoms with Gasteiger partial charge in [-0.05, 0) is 40.0 Å². The Hall–Kier alpha value is -0.810. The van der Waals surface area contributed by atoms with E-state index in [1.165, 1.54) is 0 Å². The van der Waals surface area contributed by atoms with Gasteiger partial charge in [0.2, 0.25) is 0 Å². The van der Waals surface area contributed by atoms with E-state index in [1.807, 2.05) is 20.8 Å². The maximum atomic E-state index is 11.4. The second-order valence-electron chi connectivity index (χ2n) is 6.01. The van der Waals surface area contributed by atoms with Crippen molar-refractivity contribution in [3.63, 3.8) is 0 Å². The number of ether oxygens (including phenoxy) is 2. The first-order valence-electron chi connectivity index (χ1n) is 7.22. The number of nitrogens with one attached hydrogen (secondary N) is 2. The van der Waals surface area contributed by atoms with E-state index >= 15 is 0 Å². The van der Waals surface area contributed by atoms with E-state index in [2.05, 4.69) is 17.6 Å². The molecule has 0 radical (unpaired) electrons. The van der Waals surface area contributed by atoms with Crippen molar-refractivity contribution in [3.8, 4) is 0 Å². The fourth-order valence-corrected chi connectivity index (χ4v) is 2.11. The monoisotopic (exact) mass is 272 g/mol. The summed E-state index contributed by atoms with van der Waals surface area (Å²) in [6, 6.07) is 0.499. The maximum absolute atomic E-state index is 11.4. The second kappa shape index (κ2) is 7.70. The van der Waals surface area contributed by atoms with Crippen LogP contribution in [0.15, 0.2) is 0 Å². The molecule has 1 saturated heterocycles. The Balaban J connectivity index is 2.09. The van der Waals surface area contributed by atoms with Crippen molar-refractivity contribution in [1.29, 1.82) is 0 Å². The van der Waals surface area contributed by atoms with Crippen LogP contribution in [0.25, 0.3) is 0 Å². The van der Waals surface area contributed by atoms with Crippen LogP contribution in [0.3, 0.4) is 0 Å². The summed E-state index contributed by atoms with van der Waals surface area (Å²) in [5.74, 6) is 0. The summed E-state index contributed by atoms with van der Waals surface area (Å²) in [4.78, 5) is 11.4. The van der Waals surface area contributed by atoms with E-state index in [9.17, 15) is 4.79 Å². The summed E-state index contributed by atoms with van der Waals surface area (Å²) in [5.41, 5.74) is -0.438. The fourth-order valence-electron chi connectivity index (χ4n) is 2.11. The van der Waals surface area contributed by atoms with Crippen LogP contribution < -0.4 is 10.6 Å². The predicted molar refractivity (Wildman–Crippen MR) is 75.3 cm³/mol. The van der Waals surface area contributed by atoms with Crippen LogP contribution in [0.2, 0.25) is 0 Å². The van der Waals surface area contributed by atoms with Gasteiger partial charge in [0.05, 0.1) is 6.10 Å². The summed E-state index contributed by atoms with van der Waals surface area (Å²) in [7, 11) is 0. The largest absolute Gasteiger partial charge is 0.444 e. The van der Waals surface area contributed by atoms with Gasteiger partial charge in [0.25, 0.3) is 0 Å². The quantitative estimate of drug-likeness (QED) is 0.752. The van der Waals surface area contributed by atoms with E-state index in [0.29, 0.717) is 18.7 Å². The van der Waals surface area contributed by atoms with E-state index < -0.39 is 5.60 Å². The summed E-state index contributed by atoms with van der Waals surface area (Å²) in [6.45, 7) is 9.91. The number of alkyl carbamates (subject to hydrolysis) is 1. The van der Waals surface area contributed by atoms with E-state index in [1.54, 1.807) is 0 Å². The minimum Gasteiger partial charge on any atom is -0.444 e. The minimum atomic E-state index is -0.438. The molecule has 0 bridgehead atoms. The maximum Gasteiger partial charge on any atom is 0.407 e. The van der Waals surface area contributed by atoms with Gasteiger partial charge < -0.3 is 20.1 Å². The third-order valence-corrected chi connectivity index (χ3v) is 3.05. The molecule has 5 nitrogen and oxygen atoms in total. The molecule has 2 N–H and O–H groups in total. The van der Waals surface area contributed by atoms with Crippen LogP contribution >= 0.6 is 0 Å². The van der Waals surface area contributed by atoms with Gasteiger partial charge in [0.1, 0.15) is 5.60 Å². The zero-order chi connectivity index (χ0) is 14.3. The Kier molecular flexibility index (Phi) is 6.58. The van der Waals surface area contributed by atoms with E-state index in [-0.39, 0.29) is 6.09 Å². The lowest BCUT2D eigenvalue weighted by Gasteiger charge is -2.29. The lowest BCUT2D eigenvalue weighted by Crippen LogP contribution is -2.43. The predicted octanol–water partition coefficient (Wildman–Crippen LogP) is 2.06. The van der Waals surface area contributed by atoms with Crippen molar-refractivity contribution < 1.29 is 14.3 Å². The van der Waals surface area contributed by atoms with Crippen molar-refractivity contribution in [2.24, 2.45) is 0 Å². The van der Waals surface area contributed by atoms with Gasteiger partial charge in [-0.2, -0.15) is 0 Å². The van der Waals surface area contributed by atoms with Crippen molar-refractivity contribution in [2.75, 3.05) is 19.7 Å². The summed E-state index contributed by atoms with van der Waals surface area (Å²) in [5, 5.41) is 6.20. The van der Waals surface area contributed by atoms with Gasteiger partial charge in [0.15, 0.2) is 0 Å². The Bertz CT molecular complexity index is 276. The van der Waals surface area contributed by atoms with Crippen LogP contribution in [-0.2, 0) is 9.47 Å². The molecule has 1 heterocycles. The smallest absolute Gasteiger partial charge is 0.407 e. The minimum absolute atomic E-state index is 0.354. The number of rotatable bonds is 5. The molecule has 5 heteroatoms. The molecule has 19 heavy (non-hydrogen) atoms. The highest BCUT2D eigenvalue weighted by atomic mass is 16.6. The Morgan fingerprint density at radius 1 is 1.37 bits per heavy atom. The molecule has 2 atom stereocenters. The SMILES string of the molecule is CCC1CC(NCCNC(=O)OC(C)(C)C)CCO1. The van der Waals surface area contributed by atoms with E-state index in [0.717, 1.165) is 32.4 Å². The van der Waals surface area contributed by atoms with Gasteiger partial charge in [0, 0.05) is 25.7 Å². The first-order chi connectivity index (χ1) is 8.90. The molecule has 0 aromatic rings. The third kappa shape index (κ3) is 7.38. The van der Waals surface area contributed by atoms with Crippen LogP contribution in [0.4, 0.5) is 4.79 Å². The molecule has 1 fully saturated rings. The van der Waals surface area contributed by atoms with E-state index in [4.69, 9.17) is 9.47 Å². The second-order valence-corrected chi connectivity index (χ2v) is 6.01. The average Bonchev–Trinajstić information content (AvgIpc) is 2.33. The summed E-state index contributed by atoms with van der Waals surface area (Å²) in [6.07, 6.45) is 3.19. The highest BCUT2D eigenvalue weighted by molar-refractivity contribution is 5.67. The van der Waals surface area contributed by atoms with Crippen LogP contribution in [0.5, 0.6) is 0 Å². The molecule has 0 saturated carbocycles. The van der Waals surface area contributed by atoms with Crippen molar-refractivity contribution in [2.45, 2.75) is 64.7 Å². The van der Waals surface area contributed by atoms with Crippen LogP contribution in [-0.4, -0.2) is 43.5 Å². The number of amides is 1. The van der Waals surface area contributed by atoms with Crippen LogP contribution in [0.1, 0.15) is 47.0 Å². The zero-order valence-electron chi connectivity index (χ0n) is 12.6. The Morgan fingerprint density at radius 3 is 2.74 bits per heavy atom. The number of carbonyl (C=O) groups excluding carboxylic acids is 1. The van der Waals surface area contributed by atoms with Gasteiger partial charge in [-0.3, -0.25) is 0 Å². The number of carbonyl (C=O) groups is 1. The Labute approximate surface area is 116 Å². The molecule has 1 amide bonds. The number of hydrogen-bond acceptors (Lipinski definition) is 4. The first-order valence-corrected chi connectivity index (χ1v) is 7.22. The molecule has 1 aliphatic heterocycles. The zero-order valence-corrected chi connectivity index (χ0v) is 12.6. The third-order valence-electron chi connectivity index (χ3n) is 3.05. The molecule has 2 unspecified atom stereocenters. The molecular weight excluding hydrogens is 244 g/mol. The first kappa shape index (κ1) is 16.2. The van der Waals surface area contributed by atoms with Gasteiger partial charge in [-0.15, -0.1) is 0 Å². The molecule has 0 spiro atoms. The topological polar surface area (TPSA) is 59.6 Å². The number of hydrogen-bond donors (Lipinski definition) is 2. The lowest BCUT2D eigenvalue weighted by molar-refractivity contribution is 0.00000677. The molecule has 112 valence electrons. The molecule has 0 aromatic heterocycles. The standard InChI is InChI=1S/C14H28N2O3/c1-5-12-10-11(6-9-18-12)15-7-8-16-13(17)19-14(2,3)4/h11-12,15H,5-10H2,1-4H3,(H,16,17). The molecule has 0 aromatic carbocycles. The van der Waals surface area contributed by atoms with Gasteiger partial charge >= 0.3 is 6.09 Å². The Morgan fingerprint density at radius 2 is 2.11 bits per heavy atom. The summed E-state index contributed by atoms with van der Waals surface area (Å²) >= 11 is 0. The molecule has 0 aliphatic carbocycles. The fraction of sp³-hybridized carbons (Fsp3) is 0.929. The molecule has 1 rings (SSSR count). The van der Waals surface area contributed by atoms with Crippen LogP contribution in [0, 0.1) is 0 Å².